The molecule has 26 heavy (non-hydrogen) atoms. The fourth-order valence-corrected chi connectivity index (χ4v) is 4.58. The summed E-state index contributed by atoms with van der Waals surface area (Å²) in [6.07, 6.45) is 3.15. The van der Waals surface area contributed by atoms with Gasteiger partial charge >= 0.3 is 6.03 Å². The summed E-state index contributed by atoms with van der Waals surface area (Å²) in [5, 5.41) is 2.76. The van der Waals surface area contributed by atoms with Crippen molar-refractivity contribution in [3.8, 4) is 0 Å². The van der Waals surface area contributed by atoms with Crippen LogP contribution in [0, 0.1) is 0 Å². The quantitative estimate of drug-likeness (QED) is 0.643. The molecular formula is C19H17ClN2O3S. The number of hydrogen-bond donors (Lipinski definition) is 1. The van der Waals surface area contributed by atoms with Gasteiger partial charge in [0.05, 0.1) is 15.8 Å². The van der Waals surface area contributed by atoms with E-state index in [4.69, 9.17) is 11.6 Å². The fourth-order valence-electron chi connectivity index (χ4n) is 3.60. The molecule has 1 fully saturated rings. The van der Waals surface area contributed by atoms with Crippen LogP contribution in [0.15, 0.2) is 30.3 Å². The van der Waals surface area contributed by atoms with Gasteiger partial charge in [-0.25, -0.2) is 4.79 Å². The number of thiophene rings is 1. The van der Waals surface area contributed by atoms with E-state index in [0.29, 0.717) is 9.21 Å². The zero-order valence-electron chi connectivity index (χ0n) is 14.2. The number of ketones is 1. The van der Waals surface area contributed by atoms with Crippen LogP contribution >= 0.6 is 22.9 Å². The number of fused-ring (bicyclic) bond motifs is 1. The predicted molar refractivity (Wildman–Crippen MR) is 99.7 cm³/mol. The number of urea groups is 1. The lowest BCUT2D eigenvalue weighted by Crippen LogP contribution is -2.41. The first-order chi connectivity index (χ1) is 12.4. The molecule has 0 spiro atoms. The van der Waals surface area contributed by atoms with Crippen LogP contribution in [0.2, 0.25) is 4.34 Å². The van der Waals surface area contributed by atoms with Crippen molar-refractivity contribution in [2.45, 2.75) is 31.7 Å². The molecule has 1 aromatic heterocycles. The number of benzene rings is 1. The summed E-state index contributed by atoms with van der Waals surface area (Å²) in [7, 11) is 0. The van der Waals surface area contributed by atoms with Gasteiger partial charge in [0, 0.05) is 0 Å². The largest absolute Gasteiger partial charge is 0.325 e. The van der Waals surface area contributed by atoms with E-state index in [1.807, 2.05) is 18.2 Å². The molecule has 1 aliphatic carbocycles. The Balaban J connectivity index is 1.59. The maximum Gasteiger partial charge on any atom is 0.325 e. The van der Waals surface area contributed by atoms with Crippen molar-refractivity contribution in [3.63, 3.8) is 0 Å². The Morgan fingerprint density at radius 3 is 2.73 bits per heavy atom. The molecule has 7 heteroatoms. The molecule has 5 nitrogen and oxygen atoms in total. The van der Waals surface area contributed by atoms with Crippen molar-refractivity contribution < 1.29 is 14.4 Å². The molecule has 2 aliphatic rings. The number of nitrogens with one attached hydrogen (secondary N) is 1. The van der Waals surface area contributed by atoms with E-state index < -0.39 is 17.5 Å². The number of amides is 3. The van der Waals surface area contributed by atoms with Crippen LogP contribution < -0.4 is 5.32 Å². The monoisotopic (exact) mass is 388 g/mol. The number of carbonyl (C=O) groups excluding carboxylic acids is 3. The lowest BCUT2D eigenvalue weighted by atomic mass is 9.89. The molecule has 1 atom stereocenters. The van der Waals surface area contributed by atoms with Gasteiger partial charge in [-0.1, -0.05) is 29.8 Å². The van der Waals surface area contributed by atoms with E-state index in [-0.39, 0.29) is 12.3 Å². The predicted octanol–water partition coefficient (Wildman–Crippen LogP) is 3.54. The minimum atomic E-state index is -1.15. The summed E-state index contributed by atoms with van der Waals surface area (Å²) >= 11 is 6.99. The Bertz CT molecular complexity index is 939. The number of imide groups is 1. The molecule has 0 radical (unpaired) electrons. The summed E-state index contributed by atoms with van der Waals surface area (Å²) in [4.78, 5) is 39.2. The maximum atomic E-state index is 13.0. The highest BCUT2D eigenvalue weighted by molar-refractivity contribution is 7.18. The van der Waals surface area contributed by atoms with Crippen molar-refractivity contribution in [1.29, 1.82) is 0 Å². The molecule has 1 N–H and O–H groups in total. The van der Waals surface area contributed by atoms with Gasteiger partial charge in [-0.2, -0.15) is 0 Å². The zero-order valence-corrected chi connectivity index (χ0v) is 15.7. The zero-order chi connectivity index (χ0) is 18.5. The van der Waals surface area contributed by atoms with Gasteiger partial charge in [0.25, 0.3) is 5.91 Å². The van der Waals surface area contributed by atoms with Crippen molar-refractivity contribution in [1.82, 2.24) is 10.2 Å². The van der Waals surface area contributed by atoms with Crippen LogP contribution in [0.4, 0.5) is 4.79 Å². The third kappa shape index (κ3) is 2.73. The summed E-state index contributed by atoms with van der Waals surface area (Å²) in [6.45, 7) is 1.40. The van der Waals surface area contributed by atoms with E-state index >= 15 is 0 Å². The molecule has 0 bridgehead atoms. The van der Waals surface area contributed by atoms with Crippen molar-refractivity contribution in [2.75, 3.05) is 6.54 Å². The SMILES string of the molecule is C[C@@]1(c2ccc3c(c2)CCC3)NC(=O)N(CC(=O)c2ccc(Cl)s2)C1=O. The van der Waals surface area contributed by atoms with Crippen LogP contribution in [0.3, 0.4) is 0 Å². The van der Waals surface area contributed by atoms with Gasteiger partial charge in [0.1, 0.15) is 5.54 Å². The van der Waals surface area contributed by atoms with E-state index in [2.05, 4.69) is 5.32 Å². The topological polar surface area (TPSA) is 66.5 Å². The minimum Gasteiger partial charge on any atom is -0.319 e. The highest BCUT2D eigenvalue weighted by atomic mass is 35.5. The third-order valence-corrected chi connectivity index (χ3v) is 6.37. The molecule has 1 aliphatic heterocycles. The Morgan fingerprint density at radius 1 is 1.23 bits per heavy atom. The Labute approximate surface area is 159 Å². The number of halogens is 1. The van der Waals surface area contributed by atoms with Gasteiger partial charge in [-0.3, -0.25) is 14.5 Å². The number of Topliss-reactive ketones (excluding diaryl/α,β-unsaturated/α-hetero) is 1. The Kier molecular flexibility index (Phi) is 4.12. The summed E-state index contributed by atoms with van der Waals surface area (Å²) in [5.74, 6) is -0.708. The van der Waals surface area contributed by atoms with E-state index in [1.54, 1.807) is 19.1 Å². The van der Waals surface area contributed by atoms with Gasteiger partial charge in [0.2, 0.25) is 0 Å². The third-order valence-electron chi connectivity index (χ3n) is 5.10. The fraction of sp³-hybridized carbons (Fsp3) is 0.316. The molecule has 3 amide bonds. The lowest BCUT2D eigenvalue weighted by molar-refractivity contribution is -0.130. The molecule has 1 saturated heterocycles. The maximum absolute atomic E-state index is 13.0. The minimum absolute atomic E-state index is 0.290. The smallest absolute Gasteiger partial charge is 0.319 e. The Morgan fingerprint density at radius 2 is 2.00 bits per heavy atom. The van der Waals surface area contributed by atoms with E-state index in [0.717, 1.165) is 41.1 Å². The van der Waals surface area contributed by atoms with Crippen LogP contribution in [-0.4, -0.2) is 29.2 Å². The second-order valence-corrected chi connectivity index (χ2v) is 8.53. The van der Waals surface area contributed by atoms with Crippen LogP contribution in [-0.2, 0) is 23.2 Å². The molecule has 4 rings (SSSR count). The second-order valence-electron chi connectivity index (χ2n) is 6.81. The first kappa shape index (κ1) is 17.2. The average molecular weight is 389 g/mol. The standard InChI is InChI=1S/C19H17ClN2O3S/c1-19(13-6-5-11-3-2-4-12(11)9-13)17(24)22(18(25)21-19)10-14(23)15-7-8-16(20)26-15/h5-9H,2-4,10H2,1H3,(H,21,25)/t19-/m0/s1. The van der Waals surface area contributed by atoms with Gasteiger partial charge in [0.15, 0.2) is 5.78 Å². The highest BCUT2D eigenvalue weighted by Crippen LogP contribution is 2.33. The second kappa shape index (κ2) is 6.21. The first-order valence-electron chi connectivity index (χ1n) is 8.43. The highest BCUT2D eigenvalue weighted by Gasteiger charge is 2.49. The molecule has 0 unspecified atom stereocenters. The molecule has 0 saturated carbocycles. The van der Waals surface area contributed by atoms with Gasteiger partial charge < -0.3 is 5.32 Å². The summed E-state index contributed by atoms with van der Waals surface area (Å²) in [6, 6.07) is 8.61. The summed E-state index contributed by atoms with van der Waals surface area (Å²) < 4.78 is 0.494. The molecule has 2 heterocycles. The number of hydrogen-bond acceptors (Lipinski definition) is 4. The molecule has 1 aromatic carbocycles. The van der Waals surface area contributed by atoms with Crippen molar-refractivity contribution in [3.05, 3.63) is 56.2 Å². The Hall–Kier alpha value is -2.18. The van der Waals surface area contributed by atoms with Crippen molar-refractivity contribution >= 4 is 40.7 Å². The molecule has 2 aromatic rings. The molecular weight excluding hydrogens is 372 g/mol. The van der Waals surface area contributed by atoms with Crippen LogP contribution in [0.5, 0.6) is 0 Å². The number of nitrogens with zero attached hydrogens (tertiary/aromatic N) is 1. The number of aryl methyl sites for hydroxylation is 2. The van der Waals surface area contributed by atoms with E-state index in [9.17, 15) is 14.4 Å². The van der Waals surface area contributed by atoms with Gasteiger partial charge in [-0.15, -0.1) is 11.3 Å². The number of rotatable bonds is 4. The number of carbonyl (C=O) groups is 3. The summed E-state index contributed by atoms with van der Waals surface area (Å²) in [5.41, 5.74) is 2.14. The normalized spacial score (nSPS) is 21.8. The average Bonchev–Trinajstić information content (AvgIpc) is 3.30. The van der Waals surface area contributed by atoms with Crippen LogP contribution in [0.25, 0.3) is 0 Å². The first-order valence-corrected chi connectivity index (χ1v) is 9.63. The van der Waals surface area contributed by atoms with Crippen molar-refractivity contribution in [2.24, 2.45) is 0 Å². The lowest BCUT2D eigenvalue weighted by Gasteiger charge is -2.23. The van der Waals surface area contributed by atoms with Gasteiger partial charge in [-0.05, 0) is 55.0 Å². The van der Waals surface area contributed by atoms with Crippen LogP contribution in [0.1, 0.15) is 39.7 Å². The van der Waals surface area contributed by atoms with E-state index in [1.165, 1.54) is 11.1 Å². The molecule has 134 valence electrons.